The molecule has 2 N–H and O–H groups in total. The molecule has 278 valence electrons. The van der Waals surface area contributed by atoms with Gasteiger partial charge in [-0.15, -0.1) is 0 Å². The van der Waals surface area contributed by atoms with E-state index in [-0.39, 0.29) is 18.2 Å². The van der Waals surface area contributed by atoms with Crippen molar-refractivity contribution in [2.24, 2.45) is 5.92 Å². The lowest BCUT2D eigenvalue weighted by Gasteiger charge is -2.30. The van der Waals surface area contributed by atoms with Crippen molar-refractivity contribution < 1.29 is 27.9 Å². The molecule has 1 aliphatic heterocycles. The lowest BCUT2D eigenvalue weighted by Crippen LogP contribution is -2.52. The van der Waals surface area contributed by atoms with Gasteiger partial charge in [-0.1, -0.05) is 103 Å². The van der Waals surface area contributed by atoms with Crippen LogP contribution in [0, 0.1) is 12.8 Å². The molecule has 11 heteroatoms. The zero-order valence-corrected chi connectivity index (χ0v) is 31.5. The predicted octanol–water partition coefficient (Wildman–Crippen LogP) is 7.67. The Morgan fingerprint density at radius 2 is 1.64 bits per heavy atom. The number of fused-ring (bicyclic) bond motifs is 1. The molecule has 4 aromatic rings. The number of hydrogen-bond acceptors (Lipinski definition) is 6. The highest BCUT2D eigenvalue weighted by molar-refractivity contribution is 7.91. The zero-order chi connectivity index (χ0) is 37.5. The molecule has 2 aliphatic rings. The molecule has 1 saturated carbocycles. The van der Waals surface area contributed by atoms with E-state index in [1.165, 1.54) is 5.56 Å². The van der Waals surface area contributed by atoms with Gasteiger partial charge in [0, 0.05) is 30.2 Å². The Labute approximate surface area is 316 Å². The highest BCUT2D eigenvalue weighted by Gasteiger charge is 2.33. The van der Waals surface area contributed by atoms with Crippen LogP contribution in [0.15, 0.2) is 91.0 Å². The minimum Gasteiger partial charge on any atom is -0.480 e. The number of imide groups is 1. The van der Waals surface area contributed by atoms with E-state index in [1.54, 1.807) is 18.2 Å². The summed E-state index contributed by atoms with van der Waals surface area (Å²) in [5.41, 5.74) is 7.50. The molecule has 0 aromatic heterocycles. The molecule has 53 heavy (non-hydrogen) atoms. The van der Waals surface area contributed by atoms with Gasteiger partial charge in [0.05, 0.1) is 18.1 Å². The first-order valence-corrected chi connectivity index (χ1v) is 20.4. The second-order valence-electron chi connectivity index (χ2n) is 14.4. The van der Waals surface area contributed by atoms with Crippen LogP contribution in [0.1, 0.15) is 70.3 Å². The fourth-order valence-electron chi connectivity index (χ4n) is 7.39. The first-order chi connectivity index (χ1) is 25.4. The maximum absolute atomic E-state index is 14.1. The van der Waals surface area contributed by atoms with Gasteiger partial charge in [-0.05, 0) is 89.8 Å². The number of hydrogen-bond donors (Lipinski definition) is 2. The largest absolute Gasteiger partial charge is 0.480 e. The summed E-state index contributed by atoms with van der Waals surface area (Å²) in [5, 5.41) is 13.1. The lowest BCUT2D eigenvalue weighted by molar-refractivity contribution is -0.138. The Kier molecular flexibility index (Phi) is 12.3. The smallest absolute Gasteiger partial charge is 0.327 e. The Hall–Kier alpha value is -4.51. The van der Waals surface area contributed by atoms with Crippen molar-refractivity contribution in [1.82, 2.24) is 15.1 Å². The highest BCUT2D eigenvalue weighted by atomic mass is 35.5. The number of nitrogens with zero attached hydrogens (tertiary/aromatic N) is 2. The third-order valence-corrected chi connectivity index (χ3v) is 12.4. The molecule has 1 fully saturated rings. The Bertz CT molecular complexity index is 2050. The maximum Gasteiger partial charge on any atom is 0.327 e. The van der Waals surface area contributed by atoms with E-state index < -0.39 is 39.5 Å². The third kappa shape index (κ3) is 10.1. The summed E-state index contributed by atoms with van der Waals surface area (Å²) in [5.74, 6) is -2.93. The molecule has 6 rings (SSSR count). The van der Waals surface area contributed by atoms with Gasteiger partial charge in [0.15, 0.2) is 9.84 Å². The molecule has 4 aromatic carbocycles. The van der Waals surface area contributed by atoms with Crippen molar-refractivity contribution in [3.63, 3.8) is 0 Å². The van der Waals surface area contributed by atoms with Crippen molar-refractivity contribution in [3.05, 3.63) is 129 Å². The number of urea groups is 1. The number of benzene rings is 4. The molecular weight excluding hydrogens is 710 g/mol. The number of rotatable bonds is 12. The van der Waals surface area contributed by atoms with E-state index in [4.69, 9.17) is 11.6 Å². The van der Waals surface area contributed by atoms with Crippen molar-refractivity contribution >= 4 is 39.3 Å². The van der Waals surface area contributed by atoms with E-state index in [2.05, 4.69) is 22.3 Å². The number of halogens is 1. The van der Waals surface area contributed by atoms with E-state index in [9.17, 15) is 27.9 Å². The summed E-state index contributed by atoms with van der Waals surface area (Å²) in [7, 11) is -3.79. The van der Waals surface area contributed by atoms with Gasteiger partial charge < -0.3 is 10.4 Å². The van der Waals surface area contributed by atoms with Crippen LogP contribution in [0.2, 0.25) is 5.02 Å². The van der Waals surface area contributed by atoms with Crippen LogP contribution in [-0.4, -0.2) is 65.3 Å². The Morgan fingerprint density at radius 3 is 2.36 bits per heavy atom. The number of amides is 3. The van der Waals surface area contributed by atoms with Gasteiger partial charge in [-0.25, -0.2) is 18.0 Å². The van der Waals surface area contributed by atoms with E-state index >= 15 is 0 Å². The third-order valence-electron chi connectivity index (χ3n) is 10.3. The average molecular weight is 756 g/mol. The second-order valence-corrected chi connectivity index (χ2v) is 17.0. The van der Waals surface area contributed by atoms with Crippen LogP contribution in [0.25, 0.3) is 11.1 Å². The number of nitrogens with one attached hydrogen (secondary N) is 1. The molecule has 0 spiro atoms. The topological polar surface area (TPSA) is 124 Å². The summed E-state index contributed by atoms with van der Waals surface area (Å²) in [6.07, 6.45) is 5.26. The molecule has 0 unspecified atom stereocenters. The van der Waals surface area contributed by atoms with Gasteiger partial charge in [0.25, 0.3) is 5.91 Å². The van der Waals surface area contributed by atoms with Crippen LogP contribution in [-0.2, 0) is 40.7 Å². The van der Waals surface area contributed by atoms with Crippen LogP contribution in [0.3, 0.4) is 0 Å². The Balaban J connectivity index is 1.18. The minimum atomic E-state index is -3.79. The molecule has 3 amide bonds. The highest BCUT2D eigenvalue weighted by Crippen LogP contribution is 2.29. The van der Waals surface area contributed by atoms with Crippen molar-refractivity contribution in [1.29, 1.82) is 0 Å². The van der Waals surface area contributed by atoms with E-state index in [1.807, 2.05) is 67.6 Å². The summed E-state index contributed by atoms with van der Waals surface area (Å²) in [6, 6.07) is 26.3. The summed E-state index contributed by atoms with van der Waals surface area (Å²) in [6.45, 7) is 4.00. The van der Waals surface area contributed by atoms with E-state index in [0.717, 1.165) is 77.9 Å². The van der Waals surface area contributed by atoms with Gasteiger partial charge in [-0.2, -0.15) is 0 Å². The molecule has 0 bridgehead atoms. The first-order valence-electron chi connectivity index (χ1n) is 18.2. The number of aryl methyl sites for hydroxylation is 1. The molecule has 0 radical (unpaired) electrons. The van der Waals surface area contributed by atoms with Gasteiger partial charge in [-0.3, -0.25) is 14.6 Å². The fourth-order valence-corrected chi connectivity index (χ4v) is 9.44. The summed E-state index contributed by atoms with van der Waals surface area (Å²) < 4.78 is 26.2. The average Bonchev–Trinajstić information content (AvgIpc) is 3.14. The van der Waals surface area contributed by atoms with Crippen molar-refractivity contribution in [2.45, 2.75) is 71.1 Å². The second kappa shape index (κ2) is 17.1. The molecule has 9 nitrogen and oxygen atoms in total. The van der Waals surface area contributed by atoms with Crippen molar-refractivity contribution in [2.75, 3.05) is 18.1 Å². The SMILES string of the molecule is Cc1ccc(CN(C(=O)N[C@@H](CS(=O)(=O)CC2CCCCC2)C(=O)O)C(=O)c2ccc3c(c2)CCN(Cc2ccccc2-c2ccc(Cl)cc2)C3)cc1. The summed E-state index contributed by atoms with van der Waals surface area (Å²) >= 11 is 6.13. The van der Waals surface area contributed by atoms with Crippen LogP contribution < -0.4 is 5.32 Å². The first kappa shape index (κ1) is 38.2. The number of carbonyl (C=O) groups is 3. The van der Waals surface area contributed by atoms with Gasteiger partial charge in [0.2, 0.25) is 0 Å². The molecule has 1 atom stereocenters. The summed E-state index contributed by atoms with van der Waals surface area (Å²) in [4.78, 5) is 43.5. The number of carboxylic acids is 1. The monoisotopic (exact) mass is 755 g/mol. The molecule has 0 saturated heterocycles. The Morgan fingerprint density at radius 1 is 0.925 bits per heavy atom. The van der Waals surface area contributed by atoms with Gasteiger partial charge in [0.1, 0.15) is 6.04 Å². The van der Waals surface area contributed by atoms with Crippen LogP contribution in [0.5, 0.6) is 0 Å². The number of aliphatic carboxylic acids is 1. The molecular formula is C42H46ClN3O6S. The molecule has 1 aliphatic carbocycles. The van der Waals surface area contributed by atoms with Crippen LogP contribution in [0.4, 0.5) is 4.79 Å². The number of sulfone groups is 1. The molecule has 1 heterocycles. The van der Waals surface area contributed by atoms with E-state index in [0.29, 0.717) is 29.1 Å². The van der Waals surface area contributed by atoms with Crippen molar-refractivity contribution in [3.8, 4) is 11.1 Å². The van der Waals surface area contributed by atoms with Gasteiger partial charge >= 0.3 is 12.0 Å². The fraction of sp³-hybridized carbons (Fsp3) is 0.357. The normalized spacial score (nSPS) is 15.7. The van der Waals surface area contributed by atoms with Crippen LogP contribution >= 0.6 is 11.6 Å². The standard InChI is InChI=1S/C42H46ClN3O6S/c1-29-11-13-30(14-12-29)24-46(42(50)44-39(41(48)49)28-53(51,52)27-31-7-3-2-4-8-31)40(47)34-15-16-35-25-45(22-21-33(35)23-34)26-36-9-5-6-10-38(36)32-17-19-37(43)20-18-32/h5-6,9-20,23,31,39H,2-4,7-8,21-22,24-28H2,1H3,(H,44,50)(H,48,49)/t39-/m0/s1. The zero-order valence-electron chi connectivity index (χ0n) is 30.0. The predicted molar refractivity (Wildman–Crippen MR) is 207 cm³/mol. The lowest BCUT2D eigenvalue weighted by atomic mass is 9.91. The number of carbonyl (C=O) groups excluding carboxylic acids is 2. The quantitative estimate of drug-likeness (QED) is 0.152. The maximum atomic E-state index is 14.1. The number of carboxylic acid groups (broad SMARTS) is 1. The minimum absolute atomic E-state index is 0.0141.